The molecule has 1 fully saturated rings. The monoisotopic (exact) mass is 354 g/mol. The van der Waals surface area contributed by atoms with E-state index in [-0.39, 0.29) is 6.03 Å². The number of carbonyl (C=O) groups excluding carboxylic acids is 1. The standard InChI is InChI=1S/C19H19ClN4O/c20-14-3-1-4-15(11-14)23-19(25)24-9-6-13(7-10-24)16-12-22-17-5-2-8-21-18(16)17/h1-5,8,11-13,22H,6-7,9-10H2,(H,23,25). The minimum atomic E-state index is -0.0715. The fourth-order valence-electron chi connectivity index (χ4n) is 3.45. The normalized spacial score (nSPS) is 15.5. The molecular formula is C19H19ClN4O. The van der Waals surface area contributed by atoms with Crippen LogP contribution in [0.5, 0.6) is 0 Å². The number of H-pyrrole nitrogens is 1. The minimum absolute atomic E-state index is 0.0715. The summed E-state index contributed by atoms with van der Waals surface area (Å²) in [5.74, 6) is 0.430. The van der Waals surface area contributed by atoms with Gasteiger partial charge in [-0.05, 0) is 54.7 Å². The number of halogens is 1. The smallest absolute Gasteiger partial charge is 0.321 e. The number of hydrogen-bond donors (Lipinski definition) is 2. The maximum absolute atomic E-state index is 12.4. The highest BCUT2D eigenvalue weighted by Gasteiger charge is 2.25. The third kappa shape index (κ3) is 3.33. The van der Waals surface area contributed by atoms with Gasteiger partial charge in [0, 0.05) is 36.2 Å². The molecule has 0 unspecified atom stereocenters. The van der Waals surface area contributed by atoms with Crippen LogP contribution < -0.4 is 5.32 Å². The van der Waals surface area contributed by atoms with E-state index in [0.29, 0.717) is 10.9 Å². The van der Waals surface area contributed by atoms with E-state index in [1.54, 1.807) is 12.1 Å². The van der Waals surface area contributed by atoms with E-state index in [4.69, 9.17) is 11.6 Å². The molecule has 2 aromatic heterocycles. The number of urea groups is 1. The summed E-state index contributed by atoms with van der Waals surface area (Å²) in [6.07, 6.45) is 5.76. The highest BCUT2D eigenvalue weighted by atomic mass is 35.5. The zero-order valence-electron chi connectivity index (χ0n) is 13.7. The van der Waals surface area contributed by atoms with Crippen molar-refractivity contribution in [2.75, 3.05) is 18.4 Å². The van der Waals surface area contributed by atoms with Gasteiger partial charge in [-0.15, -0.1) is 0 Å². The third-order valence-electron chi connectivity index (χ3n) is 4.76. The third-order valence-corrected chi connectivity index (χ3v) is 5.00. The Morgan fingerprint density at radius 1 is 1.24 bits per heavy atom. The summed E-state index contributed by atoms with van der Waals surface area (Å²) in [6, 6.07) is 11.1. The maximum atomic E-state index is 12.4. The van der Waals surface area contributed by atoms with Crippen LogP contribution in [0, 0.1) is 0 Å². The fourth-order valence-corrected chi connectivity index (χ4v) is 3.64. The molecule has 0 saturated carbocycles. The summed E-state index contributed by atoms with van der Waals surface area (Å²) in [5, 5.41) is 3.53. The molecule has 1 aromatic carbocycles. The highest BCUT2D eigenvalue weighted by molar-refractivity contribution is 6.30. The van der Waals surface area contributed by atoms with Crippen molar-refractivity contribution in [3.05, 3.63) is 59.4 Å². The van der Waals surface area contributed by atoms with Crippen LogP contribution in [0.2, 0.25) is 5.02 Å². The number of fused-ring (bicyclic) bond motifs is 1. The second-order valence-electron chi connectivity index (χ2n) is 6.35. The summed E-state index contributed by atoms with van der Waals surface area (Å²) >= 11 is 5.96. The molecule has 3 aromatic rings. The maximum Gasteiger partial charge on any atom is 0.321 e. The van der Waals surface area contributed by atoms with E-state index in [9.17, 15) is 4.79 Å². The average Bonchev–Trinajstić information content (AvgIpc) is 3.06. The predicted octanol–water partition coefficient (Wildman–Crippen LogP) is 4.63. The van der Waals surface area contributed by atoms with Crippen molar-refractivity contribution in [2.24, 2.45) is 0 Å². The van der Waals surface area contributed by atoms with Gasteiger partial charge in [-0.2, -0.15) is 0 Å². The fraction of sp³-hybridized carbons (Fsp3) is 0.263. The van der Waals surface area contributed by atoms with Crippen molar-refractivity contribution in [1.82, 2.24) is 14.9 Å². The van der Waals surface area contributed by atoms with E-state index in [1.165, 1.54) is 5.56 Å². The first-order valence-corrected chi connectivity index (χ1v) is 8.82. The van der Waals surface area contributed by atoms with Crippen LogP contribution in [0.25, 0.3) is 11.0 Å². The van der Waals surface area contributed by atoms with Crippen molar-refractivity contribution in [1.29, 1.82) is 0 Å². The summed E-state index contributed by atoms with van der Waals surface area (Å²) in [7, 11) is 0. The van der Waals surface area contributed by atoms with Gasteiger partial charge < -0.3 is 15.2 Å². The Morgan fingerprint density at radius 3 is 2.88 bits per heavy atom. The Kier molecular flexibility index (Phi) is 4.32. The molecule has 0 radical (unpaired) electrons. The molecule has 1 aliphatic rings. The summed E-state index contributed by atoms with van der Waals surface area (Å²) in [4.78, 5) is 22.1. The first-order valence-electron chi connectivity index (χ1n) is 8.44. The molecule has 4 rings (SSSR count). The highest BCUT2D eigenvalue weighted by Crippen LogP contribution is 2.32. The number of amides is 2. The number of likely N-dealkylation sites (tertiary alicyclic amines) is 1. The van der Waals surface area contributed by atoms with E-state index in [1.807, 2.05) is 35.4 Å². The number of nitrogens with zero attached hydrogens (tertiary/aromatic N) is 2. The molecule has 128 valence electrons. The van der Waals surface area contributed by atoms with Crippen LogP contribution in [0.4, 0.5) is 10.5 Å². The molecule has 0 atom stereocenters. The van der Waals surface area contributed by atoms with Gasteiger partial charge in [0.05, 0.1) is 11.0 Å². The Bertz CT molecular complexity index is 899. The largest absolute Gasteiger partial charge is 0.360 e. The Labute approximate surface area is 151 Å². The quantitative estimate of drug-likeness (QED) is 0.705. The number of pyridine rings is 1. The molecular weight excluding hydrogens is 336 g/mol. The number of aromatic amines is 1. The first-order chi connectivity index (χ1) is 12.2. The summed E-state index contributed by atoms with van der Waals surface area (Å²) in [5.41, 5.74) is 4.09. The van der Waals surface area contributed by atoms with Crippen LogP contribution in [0.1, 0.15) is 24.3 Å². The number of nitrogens with one attached hydrogen (secondary N) is 2. The molecule has 0 aliphatic carbocycles. The molecule has 1 aliphatic heterocycles. The van der Waals surface area contributed by atoms with Gasteiger partial charge in [0.15, 0.2) is 0 Å². The van der Waals surface area contributed by atoms with E-state index < -0.39 is 0 Å². The molecule has 2 N–H and O–H groups in total. The van der Waals surface area contributed by atoms with Gasteiger partial charge in [0.1, 0.15) is 0 Å². The topological polar surface area (TPSA) is 61.0 Å². The van der Waals surface area contributed by atoms with Crippen molar-refractivity contribution < 1.29 is 4.79 Å². The zero-order valence-corrected chi connectivity index (χ0v) is 14.5. The van der Waals surface area contributed by atoms with Gasteiger partial charge in [-0.25, -0.2) is 4.79 Å². The van der Waals surface area contributed by atoms with Crippen molar-refractivity contribution in [3.8, 4) is 0 Å². The Hall–Kier alpha value is -2.53. The molecule has 0 bridgehead atoms. The summed E-state index contributed by atoms with van der Waals surface area (Å²) in [6.45, 7) is 1.47. The second kappa shape index (κ2) is 6.76. The second-order valence-corrected chi connectivity index (χ2v) is 6.78. The number of benzene rings is 1. The van der Waals surface area contributed by atoms with Gasteiger partial charge >= 0.3 is 6.03 Å². The SMILES string of the molecule is O=C(Nc1cccc(Cl)c1)N1CCC(c2c[nH]c3cccnc23)CC1. The number of aromatic nitrogens is 2. The Morgan fingerprint density at radius 2 is 2.08 bits per heavy atom. The van der Waals surface area contributed by atoms with Gasteiger partial charge in [-0.1, -0.05) is 17.7 Å². The van der Waals surface area contributed by atoms with Crippen molar-refractivity contribution in [2.45, 2.75) is 18.8 Å². The van der Waals surface area contributed by atoms with Crippen LogP contribution >= 0.6 is 11.6 Å². The van der Waals surface area contributed by atoms with Crippen LogP contribution in [0.3, 0.4) is 0 Å². The average molecular weight is 355 g/mol. The number of carbonyl (C=O) groups is 1. The van der Waals surface area contributed by atoms with Crippen molar-refractivity contribution >= 4 is 34.4 Å². The molecule has 0 spiro atoms. The molecule has 2 amide bonds. The van der Waals surface area contributed by atoms with Gasteiger partial charge in [0.25, 0.3) is 0 Å². The molecule has 1 saturated heterocycles. The number of hydrogen-bond acceptors (Lipinski definition) is 2. The molecule has 3 heterocycles. The van der Waals surface area contributed by atoms with Crippen LogP contribution in [-0.2, 0) is 0 Å². The number of rotatable bonds is 2. The van der Waals surface area contributed by atoms with Crippen LogP contribution in [-0.4, -0.2) is 34.0 Å². The predicted molar refractivity (Wildman–Crippen MR) is 100 cm³/mol. The molecule has 6 heteroatoms. The minimum Gasteiger partial charge on any atom is -0.360 e. The molecule has 5 nitrogen and oxygen atoms in total. The lowest BCUT2D eigenvalue weighted by molar-refractivity contribution is 0.195. The van der Waals surface area contributed by atoms with Crippen molar-refractivity contribution in [3.63, 3.8) is 0 Å². The van der Waals surface area contributed by atoms with E-state index in [2.05, 4.69) is 21.5 Å². The zero-order chi connectivity index (χ0) is 17.2. The lowest BCUT2D eigenvalue weighted by Gasteiger charge is -2.31. The number of piperidine rings is 1. The Balaban J connectivity index is 1.40. The van der Waals surface area contributed by atoms with Gasteiger partial charge in [-0.3, -0.25) is 4.98 Å². The van der Waals surface area contributed by atoms with E-state index >= 15 is 0 Å². The van der Waals surface area contributed by atoms with E-state index in [0.717, 1.165) is 42.7 Å². The molecule has 25 heavy (non-hydrogen) atoms. The lowest BCUT2D eigenvalue weighted by Crippen LogP contribution is -2.40. The lowest BCUT2D eigenvalue weighted by atomic mass is 9.90. The van der Waals surface area contributed by atoms with Gasteiger partial charge in [0.2, 0.25) is 0 Å². The number of anilines is 1. The van der Waals surface area contributed by atoms with Crippen LogP contribution in [0.15, 0.2) is 48.8 Å². The first kappa shape index (κ1) is 16.0. The summed E-state index contributed by atoms with van der Waals surface area (Å²) < 4.78 is 0.